The summed E-state index contributed by atoms with van der Waals surface area (Å²) in [6.07, 6.45) is 1.77. The molecule has 16 heavy (non-hydrogen) atoms. The SMILES string of the molecule is COC(=O)C(C)C(C)NCCCS(C)(=O)=O. The Kier molecular flexibility index (Phi) is 6.59. The van der Waals surface area contributed by atoms with E-state index >= 15 is 0 Å². The first-order chi connectivity index (χ1) is 7.28. The molecule has 0 saturated carbocycles. The van der Waals surface area contributed by atoms with E-state index in [0.717, 1.165) is 0 Å². The minimum absolute atomic E-state index is 0.0213. The van der Waals surface area contributed by atoms with E-state index in [-0.39, 0.29) is 23.7 Å². The van der Waals surface area contributed by atoms with Crippen LogP contribution >= 0.6 is 0 Å². The molecule has 2 atom stereocenters. The monoisotopic (exact) mass is 251 g/mol. The third-order valence-corrected chi connectivity index (χ3v) is 3.51. The predicted octanol–water partition coefficient (Wildman–Crippen LogP) is 0.208. The summed E-state index contributed by atoms with van der Waals surface area (Å²) in [5.41, 5.74) is 0. The van der Waals surface area contributed by atoms with Gasteiger partial charge in [-0.05, 0) is 19.9 Å². The Morgan fingerprint density at radius 3 is 2.38 bits per heavy atom. The van der Waals surface area contributed by atoms with Crippen LogP contribution in [0.2, 0.25) is 0 Å². The quantitative estimate of drug-likeness (QED) is 0.517. The van der Waals surface area contributed by atoms with Gasteiger partial charge < -0.3 is 10.1 Å². The van der Waals surface area contributed by atoms with Gasteiger partial charge in [-0.1, -0.05) is 6.92 Å². The Morgan fingerprint density at radius 2 is 1.94 bits per heavy atom. The van der Waals surface area contributed by atoms with Crippen LogP contribution in [0.25, 0.3) is 0 Å². The van der Waals surface area contributed by atoms with Crippen molar-refractivity contribution in [2.75, 3.05) is 25.7 Å². The van der Waals surface area contributed by atoms with E-state index in [2.05, 4.69) is 10.1 Å². The molecule has 0 aromatic rings. The number of hydrogen-bond donors (Lipinski definition) is 1. The van der Waals surface area contributed by atoms with Gasteiger partial charge in [-0.25, -0.2) is 8.42 Å². The predicted molar refractivity (Wildman–Crippen MR) is 63.0 cm³/mol. The maximum atomic E-state index is 11.2. The van der Waals surface area contributed by atoms with Gasteiger partial charge in [-0.2, -0.15) is 0 Å². The Labute approximate surface area is 97.5 Å². The van der Waals surface area contributed by atoms with E-state index in [9.17, 15) is 13.2 Å². The fraction of sp³-hybridized carbons (Fsp3) is 0.900. The second-order valence-electron chi connectivity index (χ2n) is 4.04. The molecule has 0 aliphatic rings. The lowest BCUT2D eigenvalue weighted by Crippen LogP contribution is -2.37. The summed E-state index contributed by atoms with van der Waals surface area (Å²) in [5.74, 6) is -0.328. The van der Waals surface area contributed by atoms with Crippen LogP contribution in [-0.4, -0.2) is 46.1 Å². The van der Waals surface area contributed by atoms with E-state index in [0.29, 0.717) is 13.0 Å². The van der Waals surface area contributed by atoms with Crippen molar-refractivity contribution in [1.82, 2.24) is 5.32 Å². The van der Waals surface area contributed by atoms with Crippen molar-refractivity contribution in [2.24, 2.45) is 5.92 Å². The molecule has 0 spiro atoms. The van der Waals surface area contributed by atoms with Crippen LogP contribution < -0.4 is 5.32 Å². The first kappa shape index (κ1) is 15.4. The number of hydrogen-bond acceptors (Lipinski definition) is 5. The number of rotatable bonds is 7. The number of carbonyl (C=O) groups is 1. The molecule has 0 bridgehead atoms. The molecule has 1 N–H and O–H groups in total. The maximum absolute atomic E-state index is 11.2. The smallest absolute Gasteiger partial charge is 0.309 e. The van der Waals surface area contributed by atoms with Crippen LogP contribution in [-0.2, 0) is 19.4 Å². The summed E-state index contributed by atoms with van der Waals surface area (Å²) in [7, 11) is -1.54. The fourth-order valence-corrected chi connectivity index (χ4v) is 1.90. The van der Waals surface area contributed by atoms with Crippen molar-refractivity contribution < 1.29 is 17.9 Å². The molecule has 0 rings (SSSR count). The molecule has 0 heterocycles. The van der Waals surface area contributed by atoms with Gasteiger partial charge in [0, 0.05) is 12.3 Å². The molecule has 0 saturated heterocycles. The molecule has 0 aliphatic carbocycles. The minimum Gasteiger partial charge on any atom is -0.469 e. The lowest BCUT2D eigenvalue weighted by Gasteiger charge is -2.18. The minimum atomic E-state index is -2.89. The van der Waals surface area contributed by atoms with Crippen molar-refractivity contribution in [1.29, 1.82) is 0 Å². The van der Waals surface area contributed by atoms with Crippen molar-refractivity contribution in [2.45, 2.75) is 26.3 Å². The average Bonchev–Trinajstić information content (AvgIpc) is 2.20. The molecule has 0 radical (unpaired) electrons. The molecule has 96 valence electrons. The summed E-state index contributed by atoms with van der Waals surface area (Å²) >= 11 is 0. The van der Waals surface area contributed by atoms with E-state index in [1.54, 1.807) is 6.92 Å². The average molecular weight is 251 g/mol. The topological polar surface area (TPSA) is 72.5 Å². The molecule has 0 amide bonds. The van der Waals surface area contributed by atoms with E-state index in [4.69, 9.17) is 0 Å². The van der Waals surface area contributed by atoms with Crippen LogP contribution in [0.1, 0.15) is 20.3 Å². The van der Waals surface area contributed by atoms with Crippen LogP contribution in [0.15, 0.2) is 0 Å². The Hall–Kier alpha value is -0.620. The molecule has 0 aromatic carbocycles. The Bertz CT molecular complexity index is 313. The number of esters is 1. The van der Waals surface area contributed by atoms with Gasteiger partial charge in [0.05, 0.1) is 18.8 Å². The van der Waals surface area contributed by atoms with Gasteiger partial charge in [0.2, 0.25) is 0 Å². The van der Waals surface area contributed by atoms with Crippen molar-refractivity contribution in [3.8, 4) is 0 Å². The zero-order valence-electron chi connectivity index (χ0n) is 10.3. The molecule has 0 aromatic heterocycles. The Balaban J connectivity index is 3.81. The molecule has 2 unspecified atom stereocenters. The molecule has 0 aliphatic heterocycles. The number of methoxy groups -OCH3 is 1. The molecule has 6 heteroatoms. The lowest BCUT2D eigenvalue weighted by atomic mass is 10.0. The summed E-state index contributed by atoms with van der Waals surface area (Å²) in [6, 6.07) is -0.0213. The highest BCUT2D eigenvalue weighted by Gasteiger charge is 2.19. The van der Waals surface area contributed by atoms with Gasteiger partial charge in [0.15, 0.2) is 0 Å². The summed E-state index contributed by atoms with van der Waals surface area (Å²) in [5, 5.41) is 3.10. The standard InChI is InChI=1S/C10H21NO4S/c1-8(10(12)15-3)9(2)11-6-5-7-16(4,13)14/h8-9,11H,5-7H2,1-4H3. The highest BCUT2D eigenvalue weighted by Crippen LogP contribution is 2.04. The number of nitrogens with one attached hydrogen (secondary N) is 1. The van der Waals surface area contributed by atoms with Crippen molar-refractivity contribution in [3.63, 3.8) is 0 Å². The van der Waals surface area contributed by atoms with Crippen molar-refractivity contribution >= 4 is 15.8 Å². The largest absolute Gasteiger partial charge is 0.469 e. The van der Waals surface area contributed by atoms with Gasteiger partial charge >= 0.3 is 5.97 Å². The van der Waals surface area contributed by atoms with Crippen LogP contribution in [0.3, 0.4) is 0 Å². The van der Waals surface area contributed by atoms with E-state index < -0.39 is 9.84 Å². The first-order valence-corrected chi connectivity index (χ1v) is 7.33. The zero-order chi connectivity index (χ0) is 12.8. The summed E-state index contributed by atoms with van der Waals surface area (Å²) in [6.45, 7) is 4.23. The van der Waals surface area contributed by atoms with Crippen molar-refractivity contribution in [3.05, 3.63) is 0 Å². The number of carbonyl (C=O) groups excluding carboxylic acids is 1. The second kappa shape index (κ2) is 6.85. The molecular formula is C10H21NO4S. The number of sulfone groups is 1. The third-order valence-electron chi connectivity index (χ3n) is 2.48. The molecule has 5 nitrogen and oxygen atoms in total. The van der Waals surface area contributed by atoms with Crippen LogP contribution in [0.4, 0.5) is 0 Å². The maximum Gasteiger partial charge on any atom is 0.309 e. The third kappa shape index (κ3) is 6.79. The van der Waals surface area contributed by atoms with Gasteiger partial charge in [0.1, 0.15) is 9.84 Å². The summed E-state index contributed by atoms with van der Waals surface area (Å²) in [4.78, 5) is 11.2. The summed E-state index contributed by atoms with van der Waals surface area (Å²) < 4.78 is 26.3. The van der Waals surface area contributed by atoms with Crippen LogP contribution in [0, 0.1) is 5.92 Å². The fourth-order valence-electron chi connectivity index (χ4n) is 1.23. The molecular weight excluding hydrogens is 230 g/mol. The van der Waals surface area contributed by atoms with E-state index in [1.165, 1.54) is 13.4 Å². The molecule has 0 fully saturated rings. The lowest BCUT2D eigenvalue weighted by molar-refractivity contribution is -0.145. The number of ether oxygens (including phenoxy) is 1. The van der Waals surface area contributed by atoms with Gasteiger partial charge in [-0.15, -0.1) is 0 Å². The highest BCUT2D eigenvalue weighted by atomic mass is 32.2. The van der Waals surface area contributed by atoms with Crippen LogP contribution in [0.5, 0.6) is 0 Å². The van der Waals surface area contributed by atoms with Gasteiger partial charge in [-0.3, -0.25) is 4.79 Å². The second-order valence-corrected chi connectivity index (χ2v) is 6.30. The Morgan fingerprint density at radius 1 is 1.38 bits per heavy atom. The zero-order valence-corrected chi connectivity index (χ0v) is 11.1. The normalized spacial score (nSPS) is 15.5. The van der Waals surface area contributed by atoms with Gasteiger partial charge in [0.25, 0.3) is 0 Å². The highest BCUT2D eigenvalue weighted by molar-refractivity contribution is 7.90. The van der Waals surface area contributed by atoms with E-state index in [1.807, 2.05) is 6.92 Å². The first-order valence-electron chi connectivity index (χ1n) is 5.27.